The number of nitrogens with two attached hydrogens (primary N) is 2. The molecule has 1 amide bonds. The van der Waals surface area contributed by atoms with Crippen LogP contribution in [0, 0.1) is 0 Å². The SMILES string of the molecule is Nc1c(N=Nc2ccc(S(=O)(=O)CCOSOO[O-])cc2)cc(S(=O)(=O)[O-])c(N)c1N=Nc1ccc(C(=O)Nc2cccc(S(=O)(=O)CCOS(=O)(=O)[O-])c2)cc1.[Na+].[Na+].[Na+]. The van der Waals surface area contributed by atoms with Gasteiger partial charge >= 0.3 is 88.7 Å². The molecule has 0 atom stereocenters. The van der Waals surface area contributed by atoms with E-state index in [1.807, 2.05) is 0 Å². The van der Waals surface area contributed by atoms with Crippen molar-refractivity contribution in [1.82, 2.24) is 0 Å². The summed E-state index contributed by atoms with van der Waals surface area (Å²) in [6, 6.07) is 15.9. The molecule has 0 aliphatic carbocycles. The van der Waals surface area contributed by atoms with Gasteiger partial charge in [0, 0.05) is 11.3 Å². The molecule has 5 N–H and O–H groups in total. The molecule has 4 aromatic carbocycles. The maximum atomic E-state index is 12.9. The number of sulfone groups is 2. The summed E-state index contributed by atoms with van der Waals surface area (Å²) >= 11 is 0.148. The summed E-state index contributed by atoms with van der Waals surface area (Å²) in [6.45, 7) is -1.25. The van der Waals surface area contributed by atoms with Crippen LogP contribution in [0.4, 0.5) is 39.8 Å². The van der Waals surface area contributed by atoms with Crippen molar-refractivity contribution < 1.29 is 159 Å². The van der Waals surface area contributed by atoms with Crippen LogP contribution in [0.3, 0.4) is 0 Å². The van der Waals surface area contributed by atoms with E-state index < -0.39 is 80.5 Å². The molecule has 0 aliphatic heterocycles. The Balaban J connectivity index is 0.00000600. The second-order valence-electron chi connectivity index (χ2n) is 10.8. The number of rotatable bonds is 19. The largest absolute Gasteiger partial charge is 1.00 e. The maximum absolute atomic E-state index is 12.9. The van der Waals surface area contributed by atoms with Crippen molar-refractivity contribution in [1.29, 1.82) is 0 Å². The Morgan fingerprint density at radius 3 is 1.85 bits per heavy atom. The second-order valence-corrected chi connectivity index (χ2v) is 18.0. The van der Waals surface area contributed by atoms with Gasteiger partial charge in [-0.1, -0.05) is 6.07 Å². The fourth-order valence-electron chi connectivity index (χ4n) is 4.34. The molecular weight excluding hydrogens is 932 g/mol. The van der Waals surface area contributed by atoms with E-state index in [2.05, 4.69) is 39.3 Å². The van der Waals surface area contributed by atoms with E-state index in [0.717, 1.165) is 12.1 Å². The van der Waals surface area contributed by atoms with Crippen LogP contribution in [0.25, 0.3) is 0 Å². The van der Waals surface area contributed by atoms with Crippen LogP contribution in [0.5, 0.6) is 0 Å². The quantitative estimate of drug-likeness (QED) is 0.00905. The van der Waals surface area contributed by atoms with E-state index in [1.165, 1.54) is 66.7 Å². The van der Waals surface area contributed by atoms with E-state index in [1.54, 1.807) is 0 Å². The van der Waals surface area contributed by atoms with Crippen LogP contribution < -0.4 is 111 Å². The predicted octanol–water partition coefficient (Wildman–Crippen LogP) is -6.32. The zero-order valence-corrected chi connectivity index (χ0v) is 41.4. The van der Waals surface area contributed by atoms with Crippen molar-refractivity contribution in [2.24, 2.45) is 20.5 Å². The molecule has 31 heteroatoms. The van der Waals surface area contributed by atoms with Gasteiger partial charge in [0.15, 0.2) is 32.0 Å². The first-order valence-corrected chi connectivity index (χ1v) is 21.8. The van der Waals surface area contributed by atoms with Crippen LogP contribution in [0.1, 0.15) is 10.4 Å². The number of azo groups is 2. The molecule has 306 valence electrons. The van der Waals surface area contributed by atoms with E-state index in [0.29, 0.717) is 0 Å². The Morgan fingerprint density at radius 1 is 0.700 bits per heavy atom. The summed E-state index contributed by atoms with van der Waals surface area (Å²) in [5.74, 6) is -2.00. The van der Waals surface area contributed by atoms with E-state index in [-0.39, 0.29) is 151 Å². The maximum Gasteiger partial charge on any atom is 1.00 e. The van der Waals surface area contributed by atoms with Crippen LogP contribution >= 0.6 is 12.3 Å². The Kier molecular flexibility index (Phi) is 23.1. The van der Waals surface area contributed by atoms with Crippen LogP contribution in [-0.2, 0) is 57.9 Å². The van der Waals surface area contributed by atoms with Gasteiger partial charge in [0.1, 0.15) is 21.5 Å². The molecule has 23 nitrogen and oxygen atoms in total. The zero-order chi connectivity index (χ0) is 42.0. The molecule has 60 heavy (non-hydrogen) atoms. The van der Waals surface area contributed by atoms with Gasteiger partial charge in [0.2, 0.25) is 10.4 Å². The first kappa shape index (κ1) is 56.0. The van der Waals surface area contributed by atoms with Crippen LogP contribution in [0.2, 0.25) is 0 Å². The van der Waals surface area contributed by atoms with Gasteiger partial charge in [-0.05, 0) is 72.8 Å². The van der Waals surface area contributed by atoms with E-state index in [4.69, 9.17) is 15.7 Å². The molecule has 0 bridgehead atoms. The van der Waals surface area contributed by atoms with Crippen molar-refractivity contribution in [2.75, 3.05) is 41.5 Å². The third-order valence-corrected chi connectivity index (χ3v) is 12.1. The van der Waals surface area contributed by atoms with Crippen molar-refractivity contribution in [3.63, 3.8) is 0 Å². The standard InChI is InChI=1S/C29H29N7O16S5.3Na/c30-26-24(35-33-20-8-10-22(11-9-20)54(39,40)14-12-49-53-52-51-38)17-25(56(43,44)45)27(31)28(26)36-34-19-6-4-18(5-7-19)29(37)32-21-2-1-3-23(16-21)55(41,42)15-13-50-57(46,47)48;;;/h1-11,16-17,38H,12-15,30-31H2,(H,32,37)(H,43,44,45)(H,46,47,48);;;/q;3*+1/p-3. The molecule has 4 rings (SSSR count). The van der Waals surface area contributed by atoms with Gasteiger partial charge in [0.25, 0.3) is 5.91 Å². The summed E-state index contributed by atoms with van der Waals surface area (Å²) in [4.78, 5) is 11.5. The van der Waals surface area contributed by atoms with Crippen LogP contribution in [-0.4, -0.2) is 73.4 Å². The average Bonchev–Trinajstić information content (AvgIpc) is 3.13. The number of anilines is 3. The van der Waals surface area contributed by atoms with Gasteiger partial charge in [-0.2, -0.15) is 10.2 Å². The van der Waals surface area contributed by atoms with Gasteiger partial charge < -0.3 is 31.1 Å². The fraction of sp³-hybridized carbons (Fsp3) is 0.138. The summed E-state index contributed by atoms with van der Waals surface area (Å²) in [5, 5.41) is 30.9. The van der Waals surface area contributed by atoms with Crippen LogP contribution in [0.15, 0.2) is 114 Å². The normalized spacial score (nSPS) is 12.1. The molecule has 0 fully saturated rings. The molecule has 0 unspecified atom stereocenters. The third-order valence-electron chi connectivity index (χ3n) is 7.02. The first-order valence-electron chi connectivity index (χ1n) is 15.1. The Hall–Kier alpha value is -1.98. The summed E-state index contributed by atoms with van der Waals surface area (Å²) in [6.07, 6.45) is 0. The Bertz CT molecular complexity index is 2630. The molecule has 4 aromatic rings. The minimum absolute atomic E-state index is 0. The summed E-state index contributed by atoms with van der Waals surface area (Å²) in [5.41, 5.74) is 10.5. The minimum atomic E-state index is -5.22. The van der Waals surface area contributed by atoms with Crippen molar-refractivity contribution in [2.45, 2.75) is 14.7 Å². The zero-order valence-electron chi connectivity index (χ0n) is 31.4. The molecule has 0 heterocycles. The number of hydrogen-bond acceptors (Lipinski definition) is 23. The molecule has 0 saturated carbocycles. The second kappa shape index (κ2) is 24.8. The molecule has 0 radical (unpaired) electrons. The number of nitrogens with one attached hydrogen (secondary N) is 1. The summed E-state index contributed by atoms with van der Waals surface area (Å²) < 4.78 is 130. The van der Waals surface area contributed by atoms with Crippen molar-refractivity contribution in [3.8, 4) is 0 Å². The summed E-state index contributed by atoms with van der Waals surface area (Å²) in [7, 11) is -18.3. The number of nitrogen functional groups attached to an aromatic ring is 2. The average molecular weight is 958 g/mol. The smallest absolute Gasteiger partial charge is 0.744 e. The van der Waals surface area contributed by atoms with E-state index >= 15 is 0 Å². The number of carbonyl (C=O) groups excluding carboxylic acids is 1. The van der Waals surface area contributed by atoms with Crippen molar-refractivity contribution in [3.05, 3.63) is 84.4 Å². The predicted molar refractivity (Wildman–Crippen MR) is 194 cm³/mol. The Labute approximate surface area is 413 Å². The fourth-order valence-corrected chi connectivity index (χ4v) is 7.89. The third kappa shape index (κ3) is 17.0. The molecule has 0 aromatic heterocycles. The molecule has 0 saturated heterocycles. The van der Waals surface area contributed by atoms with E-state index in [9.17, 15) is 52.8 Å². The Morgan fingerprint density at radius 2 is 1.27 bits per heavy atom. The monoisotopic (exact) mass is 957 g/mol. The van der Waals surface area contributed by atoms with Gasteiger partial charge in [-0.3, -0.25) is 18.2 Å². The van der Waals surface area contributed by atoms with Gasteiger partial charge in [-0.15, -0.1) is 14.6 Å². The number of hydrogen-bond donors (Lipinski definition) is 3. The topological polar surface area (TPSA) is 373 Å². The molecule has 0 spiro atoms. The number of carbonyl (C=O) groups is 1. The minimum Gasteiger partial charge on any atom is -0.744 e. The molecule has 0 aliphatic rings. The first-order chi connectivity index (χ1) is 26.7. The number of benzene rings is 4. The number of nitrogens with zero attached hydrogens (tertiary/aromatic N) is 4. The number of amides is 1. The molecular formula is C29H26N7Na3O16S5. The van der Waals surface area contributed by atoms with Gasteiger partial charge in [0.05, 0.1) is 62.2 Å². The van der Waals surface area contributed by atoms with Gasteiger partial charge in [-0.25, -0.2) is 33.7 Å². The van der Waals surface area contributed by atoms with Crippen molar-refractivity contribution >= 4 is 98.2 Å².